The van der Waals surface area contributed by atoms with Gasteiger partial charge in [-0.1, -0.05) is 0 Å². The van der Waals surface area contributed by atoms with Gasteiger partial charge in [0.15, 0.2) is 11.5 Å². The minimum absolute atomic E-state index is 0.00257. The number of carbonyl (C=O) groups excluding carboxylic acids is 2. The fourth-order valence-electron chi connectivity index (χ4n) is 3.92. The van der Waals surface area contributed by atoms with Crippen molar-refractivity contribution in [3.05, 3.63) is 47.8 Å². The fourth-order valence-corrected chi connectivity index (χ4v) is 3.92. The number of anilines is 1. The van der Waals surface area contributed by atoms with E-state index in [0.717, 1.165) is 19.3 Å². The summed E-state index contributed by atoms with van der Waals surface area (Å²) in [6.45, 7) is 0. The van der Waals surface area contributed by atoms with Crippen molar-refractivity contribution in [2.75, 3.05) is 19.5 Å². The summed E-state index contributed by atoms with van der Waals surface area (Å²) < 4.78 is 16.6. The van der Waals surface area contributed by atoms with Crippen molar-refractivity contribution in [2.45, 2.75) is 37.5 Å². The molecule has 0 radical (unpaired) electrons. The Kier molecular flexibility index (Phi) is 5.35. The minimum Gasteiger partial charge on any atom is -0.493 e. The first-order valence-corrected chi connectivity index (χ1v) is 9.52. The second-order valence-corrected chi connectivity index (χ2v) is 7.14. The number of fused-ring (bicyclic) bond motifs is 2. The number of ether oxygens (including phenoxy) is 3. The summed E-state index contributed by atoms with van der Waals surface area (Å²) in [7, 11) is 2.96. The maximum Gasteiger partial charge on any atom is 0.257 e. The topological polar surface area (TPSA) is 98.8 Å². The molecule has 1 aromatic heterocycles. The van der Waals surface area contributed by atoms with Crippen LogP contribution in [0.15, 0.2) is 36.7 Å². The summed E-state index contributed by atoms with van der Waals surface area (Å²) >= 11 is 0. The summed E-state index contributed by atoms with van der Waals surface area (Å²) in [5.41, 5.74) is 1.10. The van der Waals surface area contributed by atoms with Crippen molar-refractivity contribution in [3.8, 4) is 11.5 Å². The number of carbonyl (C=O) groups is 2. The zero-order valence-electron chi connectivity index (χ0n) is 16.3. The Bertz CT molecular complexity index is 918. The largest absolute Gasteiger partial charge is 0.493 e. The lowest BCUT2D eigenvalue weighted by molar-refractivity contribution is 0.0840. The molecule has 2 fully saturated rings. The summed E-state index contributed by atoms with van der Waals surface area (Å²) in [5.74, 6) is 0.0804. The van der Waals surface area contributed by atoms with Crippen molar-refractivity contribution in [1.29, 1.82) is 0 Å². The quantitative estimate of drug-likeness (QED) is 0.777. The smallest absolute Gasteiger partial charge is 0.257 e. The molecule has 2 aliphatic heterocycles. The van der Waals surface area contributed by atoms with Crippen molar-refractivity contribution < 1.29 is 23.8 Å². The van der Waals surface area contributed by atoms with E-state index in [9.17, 15) is 9.59 Å². The van der Waals surface area contributed by atoms with E-state index in [4.69, 9.17) is 14.2 Å². The molecule has 8 heteroatoms. The molecule has 1 aromatic carbocycles. The number of hydrogen-bond donors (Lipinski definition) is 2. The molecule has 2 N–H and O–H groups in total. The average Bonchev–Trinajstić information content (AvgIpc) is 3.37. The van der Waals surface area contributed by atoms with E-state index < -0.39 is 0 Å². The monoisotopic (exact) mass is 397 g/mol. The fraction of sp³-hybridized carbons (Fsp3) is 0.381. The molecule has 2 amide bonds. The Morgan fingerprint density at radius 2 is 2.00 bits per heavy atom. The van der Waals surface area contributed by atoms with Gasteiger partial charge in [0.25, 0.3) is 11.8 Å². The summed E-state index contributed by atoms with van der Waals surface area (Å²) in [5, 5.41) is 5.82. The van der Waals surface area contributed by atoms with E-state index >= 15 is 0 Å². The molecule has 2 aromatic rings. The molecule has 0 unspecified atom stereocenters. The average molecular weight is 397 g/mol. The van der Waals surface area contributed by atoms with Crippen LogP contribution in [0.25, 0.3) is 0 Å². The highest BCUT2D eigenvalue weighted by Gasteiger charge is 2.41. The van der Waals surface area contributed by atoms with Crippen LogP contribution in [0.3, 0.4) is 0 Å². The van der Waals surface area contributed by atoms with Crippen LogP contribution in [0, 0.1) is 0 Å². The lowest BCUT2D eigenvalue weighted by Gasteiger charge is -2.21. The van der Waals surface area contributed by atoms with Crippen LogP contribution in [-0.4, -0.2) is 49.3 Å². The van der Waals surface area contributed by atoms with Crippen molar-refractivity contribution in [2.24, 2.45) is 0 Å². The highest BCUT2D eigenvalue weighted by atomic mass is 16.5. The highest BCUT2D eigenvalue weighted by Crippen LogP contribution is 2.38. The standard InChI is InChI=1S/C21H23N3O5/c1-27-18-9-13(21(26)23-15-10-14-5-6-17(15)29-14)8-16(19(18)28-2)24-20(25)12-4-3-7-22-11-12/h3-4,7-9,11,14-15,17H,5-6,10H2,1-2H3,(H,23,26)(H,24,25)/t14-,15+,17+/m0/s1. The van der Waals surface area contributed by atoms with Gasteiger partial charge in [-0.05, 0) is 43.5 Å². The molecule has 8 nitrogen and oxygen atoms in total. The summed E-state index contributed by atoms with van der Waals surface area (Å²) in [6.07, 6.45) is 6.22. The van der Waals surface area contributed by atoms with Crippen LogP contribution in [-0.2, 0) is 4.74 Å². The number of benzene rings is 1. The molecule has 2 aliphatic rings. The third-order valence-electron chi connectivity index (χ3n) is 5.34. The van der Waals surface area contributed by atoms with Gasteiger partial charge in [0, 0.05) is 18.0 Å². The van der Waals surface area contributed by atoms with Crippen LogP contribution in [0.5, 0.6) is 11.5 Å². The first-order valence-electron chi connectivity index (χ1n) is 9.52. The lowest BCUT2D eigenvalue weighted by atomic mass is 9.95. The van der Waals surface area contributed by atoms with Crippen LogP contribution in [0.2, 0.25) is 0 Å². The Morgan fingerprint density at radius 1 is 1.14 bits per heavy atom. The van der Waals surface area contributed by atoms with E-state index in [-0.39, 0.29) is 30.1 Å². The van der Waals surface area contributed by atoms with Gasteiger partial charge in [-0.3, -0.25) is 14.6 Å². The number of aromatic nitrogens is 1. The van der Waals surface area contributed by atoms with Gasteiger partial charge in [-0.15, -0.1) is 0 Å². The van der Waals surface area contributed by atoms with Crippen molar-refractivity contribution >= 4 is 17.5 Å². The van der Waals surface area contributed by atoms with Crippen LogP contribution >= 0.6 is 0 Å². The molecular weight excluding hydrogens is 374 g/mol. The van der Waals surface area contributed by atoms with Crippen molar-refractivity contribution in [3.63, 3.8) is 0 Å². The SMILES string of the molecule is COc1cc(C(=O)N[C@@H]2C[C@@H]3CC[C@H]2O3)cc(NC(=O)c2cccnc2)c1OC. The third kappa shape index (κ3) is 3.88. The van der Waals surface area contributed by atoms with E-state index in [0.29, 0.717) is 28.3 Å². The Hall–Kier alpha value is -3.13. The summed E-state index contributed by atoms with van der Waals surface area (Å²) in [4.78, 5) is 29.4. The van der Waals surface area contributed by atoms with Gasteiger partial charge < -0.3 is 24.8 Å². The first kappa shape index (κ1) is 19.2. The molecule has 29 heavy (non-hydrogen) atoms. The zero-order chi connectivity index (χ0) is 20.4. The molecule has 0 saturated carbocycles. The first-order chi connectivity index (χ1) is 14.1. The molecule has 3 atom stereocenters. The zero-order valence-corrected chi connectivity index (χ0v) is 16.3. The van der Waals surface area contributed by atoms with Gasteiger partial charge >= 0.3 is 0 Å². The second-order valence-electron chi connectivity index (χ2n) is 7.14. The lowest BCUT2D eigenvalue weighted by Crippen LogP contribution is -2.41. The Balaban J connectivity index is 1.58. The highest BCUT2D eigenvalue weighted by molar-refractivity contribution is 6.06. The van der Waals surface area contributed by atoms with Crippen molar-refractivity contribution in [1.82, 2.24) is 10.3 Å². The number of nitrogens with one attached hydrogen (secondary N) is 2. The third-order valence-corrected chi connectivity index (χ3v) is 5.34. The molecule has 2 saturated heterocycles. The summed E-state index contributed by atoms with van der Waals surface area (Å²) in [6, 6.07) is 6.51. The number of nitrogens with zero attached hydrogens (tertiary/aromatic N) is 1. The van der Waals surface area contributed by atoms with Gasteiger partial charge in [0.2, 0.25) is 0 Å². The second kappa shape index (κ2) is 8.08. The van der Waals surface area contributed by atoms with Crippen LogP contribution in [0.4, 0.5) is 5.69 Å². The predicted molar refractivity (Wildman–Crippen MR) is 106 cm³/mol. The van der Waals surface area contributed by atoms with E-state index in [2.05, 4.69) is 15.6 Å². The number of hydrogen-bond acceptors (Lipinski definition) is 6. The van der Waals surface area contributed by atoms with Gasteiger partial charge in [0.1, 0.15) is 0 Å². The van der Waals surface area contributed by atoms with Crippen LogP contribution in [0.1, 0.15) is 40.0 Å². The normalized spacial score (nSPS) is 22.2. The van der Waals surface area contributed by atoms with E-state index in [1.807, 2.05) is 0 Å². The molecule has 4 rings (SSSR count). The van der Waals surface area contributed by atoms with Crippen LogP contribution < -0.4 is 20.1 Å². The van der Waals surface area contributed by atoms with E-state index in [1.54, 1.807) is 30.5 Å². The van der Waals surface area contributed by atoms with Gasteiger partial charge in [-0.25, -0.2) is 0 Å². The molecule has 3 heterocycles. The number of methoxy groups -OCH3 is 2. The number of pyridine rings is 1. The molecule has 0 aliphatic carbocycles. The predicted octanol–water partition coefficient (Wildman–Crippen LogP) is 2.40. The maximum absolute atomic E-state index is 12.9. The Morgan fingerprint density at radius 3 is 2.62 bits per heavy atom. The maximum atomic E-state index is 12.9. The molecule has 2 bridgehead atoms. The van der Waals surface area contributed by atoms with Gasteiger partial charge in [0.05, 0.1) is 43.7 Å². The van der Waals surface area contributed by atoms with Gasteiger partial charge in [-0.2, -0.15) is 0 Å². The molecular formula is C21H23N3O5. The number of rotatable bonds is 6. The molecule has 0 spiro atoms. The minimum atomic E-state index is -0.363. The Labute approximate surface area is 168 Å². The van der Waals surface area contributed by atoms with E-state index in [1.165, 1.54) is 20.4 Å². The number of amides is 2. The molecule has 152 valence electrons.